The Kier molecular flexibility index (Phi) is 6.56. The minimum atomic E-state index is -4.62. The van der Waals surface area contributed by atoms with Gasteiger partial charge in [0.2, 0.25) is 0 Å². The van der Waals surface area contributed by atoms with Crippen molar-refractivity contribution in [2.75, 3.05) is 7.05 Å². The van der Waals surface area contributed by atoms with Crippen LogP contribution in [-0.4, -0.2) is 33.6 Å². The Balaban J connectivity index is 1.79. The molecule has 0 unspecified atom stereocenters. The molecule has 6 nitrogen and oxygen atoms in total. The number of phenolic OH excluding ortho intramolecular Hbond substituents is 1. The second-order valence-electron chi connectivity index (χ2n) is 7.31. The summed E-state index contributed by atoms with van der Waals surface area (Å²) in [6.45, 7) is 0.175. The van der Waals surface area contributed by atoms with Crippen LogP contribution in [0.5, 0.6) is 11.5 Å². The number of hydrogen-bond donors (Lipinski definition) is 2. The van der Waals surface area contributed by atoms with Gasteiger partial charge in [-0.3, -0.25) is 15.1 Å². The summed E-state index contributed by atoms with van der Waals surface area (Å²) in [7, 11) is 1.61. The molecule has 0 saturated carbocycles. The third-order valence-corrected chi connectivity index (χ3v) is 5.18. The van der Waals surface area contributed by atoms with Gasteiger partial charge in [0.1, 0.15) is 18.1 Å². The maximum atomic E-state index is 13.0. The van der Waals surface area contributed by atoms with Crippen molar-refractivity contribution in [2.45, 2.75) is 12.8 Å². The van der Waals surface area contributed by atoms with Crippen LogP contribution < -0.4 is 4.74 Å². The first-order valence-corrected chi connectivity index (χ1v) is 10.4. The number of aliphatic imine (C=N–C) groups is 1. The van der Waals surface area contributed by atoms with Crippen LogP contribution in [0.2, 0.25) is 5.02 Å². The van der Waals surface area contributed by atoms with Gasteiger partial charge in [-0.25, -0.2) is 0 Å². The average molecular weight is 487 g/mol. The van der Waals surface area contributed by atoms with Gasteiger partial charge in [0.05, 0.1) is 11.3 Å². The van der Waals surface area contributed by atoms with E-state index in [2.05, 4.69) is 20.2 Å². The molecule has 0 aliphatic heterocycles. The van der Waals surface area contributed by atoms with Crippen molar-refractivity contribution in [1.82, 2.24) is 15.2 Å². The summed E-state index contributed by atoms with van der Waals surface area (Å²) in [6.07, 6.45) is 0.0912. The Bertz CT molecular complexity index is 1340. The zero-order valence-electron chi connectivity index (χ0n) is 17.8. The van der Waals surface area contributed by atoms with Crippen LogP contribution in [-0.2, 0) is 12.8 Å². The van der Waals surface area contributed by atoms with Crippen molar-refractivity contribution in [3.63, 3.8) is 0 Å². The molecule has 2 aromatic carbocycles. The number of nitrogens with zero attached hydrogens (tertiary/aromatic N) is 3. The molecule has 0 aliphatic carbocycles. The van der Waals surface area contributed by atoms with Gasteiger partial charge >= 0.3 is 6.18 Å². The highest BCUT2D eigenvalue weighted by Crippen LogP contribution is 2.44. The zero-order chi connectivity index (χ0) is 24.3. The van der Waals surface area contributed by atoms with Gasteiger partial charge in [0.15, 0.2) is 5.69 Å². The van der Waals surface area contributed by atoms with Crippen molar-refractivity contribution >= 4 is 17.8 Å². The molecule has 4 rings (SSSR count). The number of H-pyrrole nitrogens is 1. The molecule has 0 amide bonds. The van der Waals surface area contributed by atoms with Crippen LogP contribution >= 0.6 is 11.6 Å². The molecule has 0 saturated heterocycles. The molecular formula is C24H18ClF3N4O2. The number of halogens is 4. The van der Waals surface area contributed by atoms with E-state index in [1.165, 1.54) is 12.3 Å². The molecule has 10 heteroatoms. The van der Waals surface area contributed by atoms with Crippen LogP contribution in [0, 0.1) is 0 Å². The molecule has 0 spiro atoms. The SMILES string of the molecule is C/N=C\c1cncc(-c2c(OCc3ccc(Cl)cc3)ccc(-c3cc(C(F)(F)F)n[nH]3)c2O)c1. The maximum absolute atomic E-state index is 13.0. The molecule has 0 fully saturated rings. The lowest BCUT2D eigenvalue weighted by molar-refractivity contribution is -0.141. The molecule has 4 aromatic rings. The molecule has 34 heavy (non-hydrogen) atoms. The number of phenols is 1. The number of benzene rings is 2. The summed E-state index contributed by atoms with van der Waals surface area (Å²) in [5.41, 5.74) is 1.34. The number of aromatic nitrogens is 3. The smallest absolute Gasteiger partial charge is 0.435 e. The predicted octanol–water partition coefficient (Wildman–Crippen LogP) is 6.14. The first-order valence-electron chi connectivity index (χ1n) is 10.00. The Morgan fingerprint density at radius 3 is 2.56 bits per heavy atom. The van der Waals surface area contributed by atoms with Crippen molar-refractivity contribution < 1.29 is 23.0 Å². The standard InChI is InChI=1S/C24H18ClF3N4O2/c1-29-10-15-8-16(12-30-11-15)22-20(34-13-14-2-4-17(25)5-3-14)7-6-18(23(22)33)19-9-21(32-31-19)24(26,27)28/h2-12,33H,13H2,1H3,(H,31,32)/b29-10-. The van der Waals surface area contributed by atoms with E-state index in [-0.39, 0.29) is 29.2 Å². The third-order valence-electron chi connectivity index (χ3n) is 4.93. The van der Waals surface area contributed by atoms with E-state index in [0.29, 0.717) is 21.9 Å². The van der Waals surface area contributed by atoms with Crippen LogP contribution in [0.1, 0.15) is 16.8 Å². The summed E-state index contributed by atoms with van der Waals surface area (Å²) in [6, 6.07) is 12.7. The molecule has 0 bridgehead atoms. The fraction of sp³-hybridized carbons (Fsp3) is 0.125. The highest BCUT2D eigenvalue weighted by Gasteiger charge is 2.34. The lowest BCUT2D eigenvalue weighted by atomic mass is 9.98. The topological polar surface area (TPSA) is 83.4 Å². The Morgan fingerprint density at radius 1 is 1.12 bits per heavy atom. The molecule has 0 aliphatic rings. The van der Waals surface area contributed by atoms with Gasteiger partial charge < -0.3 is 9.84 Å². The quantitative estimate of drug-likeness (QED) is 0.320. The Morgan fingerprint density at radius 2 is 1.88 bits per heavy atom. The maximum Gasteiger partial charge on any atom is 0.435 e. The van der Waals surface area contributed by atoms with Gasteiger partial charge in [0, 0.05) is 47.4 Å². The Labute approximate surface area is 197 Å². The number of aromatic amines is 1. The lowest BCUT2D eigenvalue weighted by Gasteiger charge is -2.16. The van der Waals surface area contributed by atoms with E-state index in [1.807, 2.05) is 0 Å². The van der Waals surface area contributed by atoms with Crippen LogP contribution in [0.15, 0.2) is 65.9 Å². The van der Waals surface area contributed by atoms with Crippen molar-refractivity contribution in [1.29, 1.82) is 0 Å². The summed E-state index contributed by atoms with van der Waals surface area (Å²) < 4.78 is 45.1. The van der Waals surface area contributed by atoms with Gasteiger partial charge in [-0.1, -0.05) is 23.7 Å². The molecule has 0 radical (unpaired) electrons. The summed E-state index contributed by atoms with van der Waals surface area (Å²) in [5.74, 6) is 0.0394. The zero-order valence-corrected chi connectivity index (χ0v) is 18.5. The number of rotatable bonds is 6. The normalized spacial score (nSPS) is 11.8. The second-order valence-corrected chi connectivity index (χ2v) is 7.75. The first kappa shape index (κ1) is 23.3. The molecular weight excluding hydrogens is 469 g/mol. The Hall–Kier alpha value is -3.85. The van der Waals surface area contributed by atoms with Crippen LogP contribution in [0.3, 0.4) is 0 Å². The van der Waals surface area contributed by atoms with Gasteiger partial charge in [-0.15, -0.1) is 0 Å². The number of pyridine rings is 1. The third kappa shape index (κ3) is 5.04. The minimum Gasteiger partial charge on any atom is -0.506 e. The van der Waals surface area contributed by atoms with E-state index >= 15 is 0 Å². The van der Waals surface area contributed by atoms with E-state index in [1.54, 1.807) is 55.9 Å². The first-order chi connectivity index (χ1) is 16.3. The monoisotopic (exact) mass is 486 g/mol. The van der Waals surface area contributed by atoms with Crippen LogP contribution in [0.4, 0.5) is 13.2 Å². The van der Waals surface area contributed by atoms with Crippen molar-refractivity contribution in [2.24, 2.45) is 4.99 Å². The lowest BCUT2D eigenvalue weighted by Crippen LogP contribution is -2.04. The van der Waals surface area contributed by atoms with E-state index in [4.69, 9.17) is 16.3 Å². The molecule has 174 valence electrons. The van der Waals surface area contributed by atoms with E-state index in [0.717, 1.165) is 11.6 Å². The van der Waals surface area contributed by atoms with E-state index < -0.39 is 11.9 Å². The van der Waals surface area contributed by atoms with Gasteiger partial charge in [-0.2, -0.15) is 18.3 Å². The van der Waals surface area contributed by atoms with Crippen molar-refractivity contribution in [3.8, 4) is 33.9 Å². The number of hydrogen-bond acceptors (Lipinski definition) is 5. The van der Waals surface area contributed by atoms with Gasteiger partial charge in [0.25, 0.3) is 0 Å². The average Bonchev–Trinajstić information content (AvgIpc) is 3.30. The summed E-state index contributed by atoms with van der Waals surface area (Å²) in [5, 5.41) is 17.4. The highest BCUT2D eigenvalue weighted by molar-refractivity contribution is 6.30. The van der Waals surface area contributed by atoms with Gasteiger partial charge in [-0.05, 0) is 42.0 Å². The predicted molar refractivity (Wildman–Crippen MR) is 123 cm³/mol. The second kappa shape index (κ2) is 9.56. The number of nitrogens with one attached hydrogen (secondary N) is 1. The molecule has 2 aromatic heterocycles. The largest absolute Gasteiger partial charge is 0.506 e. The minimum absolute atomic E-state index is 0.00885. The fourth-order valence-electron chi connectivity index (χ4n) is 3.35. The molecule has 2 N–H and O–H groups in total. The molecule has 2 heterocycles. The van der Waals surface area contributed by atoms with E-state index in [9.17, 15) is 18.3 Å². The van der Waals surface area contributed by atoms with Crippen LogP contribution in [0.25, 0.3) is 22.4 Å². The number of alkyl halides is 3. The summed E-state index contributed by atoms with van der Waals surface area (Å²) in [4.78, 5) is 8.16. The molecule has 0 atom stereocenters. The highest BCUT2D eigenvalue weighted by atomic mass is 35.5. The van der Waals surface area contributed by atoms with Crippen molar-refractivity contribution in [3.05, 3.63) is 82.8 Å². The number of ether oxygens (including phenoxy) is 1. The summed E-state index contributed by atoms with van der Waals surface area (Å²) >= 11 is 5.93. The number of aromatic hydroxyl groups is 1. The fourth-order valence-corrected chi connectivity index (χ4v) is 3.48.